The van der Waals surface area contributed by atoms with Crippen molar-refractivity contribution in [3.05, 3.63) is 66.5 Å². The van der Waals surface area contributed by atoms with Gasteiger partial charge in [0.05, 0.1) is 31.0 Å². The van der Waals surface area contributed by atoms with Crippen molar-refractivity contribution in [1.82, 2.24) is 9.97 Å². The van der Waals surface area contributed by atoms with Gasteiger partial charge in [-0.1, -0.05) is 19.9 Å². The number of anilines is 2. The molecule has 8 heteroatoms. The van der Waals surface area contributed by atoms with Crippen molar-refractivity contribution in [3.8, 4) is 28.4 Å². The first-order valence-corrected chi connectivity index (χ1v) is 12.0. The minimum atomic E-state index is -0.648. The molecule has 36 heavy (non-hydrogen) atoms. The minimum absolute atomic E-state index is 0.0464. The van der Waals surface area contributed by atoms with Crippen LogP contribution < -0.4 is 19.5 Å². The summed E-state index contributed by atoms with van der Waals surface area (Å²) in [7, 11) is 1.55. The Morgan fingerprint density at radius 2 is 1.69 bits per heavy atom. The maximum Gasteiger partial charge on any atom is 0.163 e. The zero-order valence-electron chi connectivity index (χ0n) is 20.8. The van der Waals surface area contributed by atoms with Crippen LogP contribution in [0.4, 0.5) is 20.3 Å². The fraction of sp³-hybridized carbons (Fsp3) is 0.286. The van der Waals surface area contributed by atoms with Gasteiger partial charge in [-0.3, -0.25) is 0 Å². The lowest BCUT2D eigenvalue weighted by Gasteiger charge is -2.20. The number of ether oxygens (including phenoxy) is 3. The Kier molecular flexibility index (Phi) is 7.83. The minimum Gasteiger partial charge on any atom is -0.495 e. The summed E-state index contributed by atoms with van der Waals surface area (Å²) in [4.78, 5) is 8.86. The first-order valence-electron chi connectivity index (χ1n) is 12.0. The SMILES string of the molecule is CCOc1cc2ncnc(Nc3cc(-c4ccc(F)cc4F)ccc3OC)c2cc1OC(CC)CC. The van der Waals surface area contributed by atoms with Crippen molar-refractivity contribution in [2.75, 3.05) is 19.0 Å². The summed E-state index contributed by atoms with van der Waals surface area (Å²) in [6, 6.07) is 12.4. The molecule has 1 aromatic heterocycles. The first-order chi connectivity index (χ1) is 17.5. The summed E-state index contributed by atoms with van der Waals surface area (Å²) in [6.45, 7) is 6.57. The van der Waals surface area contributed by atoms with Crippen LogP contribution >= 0.6 is 0 Å². The number of fused-ring (bicyclic) bond motifs is 1. The Hall–Kier alpha value is -3.94. The number of halogens is 2. The molecule has 0 aliphatic heterocycles. The predicted molar refractivity (Wildman–Crippen MR) is 137 cm³/mol. The summed E-state index contributed by atoms with van der Waals surface area (Å²) in [5, 5.41) is 4.02. The molecule has 4 aromatic rings. The molecule has 0 aliphatic carbocycles. The van der Waals surface area contributed by atoms with E-state index in [0.717, 1.165) is 24.3 Å². The second-order valence-electron chi connectivity index (χ2n) is 8.19. The van der Waals surface area contributed by atoms with E-state index in [0.29, 0.717) is 46.4 Å². The number of nitrogens with one attached hydrogen (secondary N) is 1. The van der Waals surface area contributed by atoms with Crippen molar-refractivity contribution in [2.45, 2.75) is 39.7 Å². The monoisotopic (exact) mass is 493 g/mol. The zero-order valence-corrected chi connectivity index (χ0v) is 20.8. The Balaban J connectivity index is 1.78. The second kappa shape index (κ2) is 11.2. The molecule has 0 atom stereocenters. The topological polar surface area (TPSA) is 65.5 Å². The van der Waals surface area contributed by atoms with Crippen molar-refractivity contribution in [1.29, 1.82) is 0 Å². The van der Waals surface area contributed by atoms with Crippen LogP contribution in [0.1, 0.15) is 33.6 Å². The van der Waals surface area contributed by atoms with Crippen LogP contribution in [0, 0.1) is 11.6 Å². The predicted octanol–water partition coefficient (Wildman–Crippen LogP) is 7.29. The standard InChI is InChI=1S/C28H29F2N3O3/c1-5-19(6-2)36-27-14-21-23(15-26(27)35-7-3)31-16-32-28(21)33-24-12-17(8-11-25(24)34-4)20-10-9-18(29)13-22(20)30/h8-16,19H,5-7H2,1-4H3,(H,31,32,33). The van der Waals surface area contributed by atoms with Gasteiger partial charge in [0.25, 0.3) is 0 Å². The van der Waals surface area contributed by atoms with E-state index < -0.39 is 11.6 Å². The lowest BCUT2D eigenvalue weighted by molar-refractivity contribution is 0.182. The summed E-state index contributed by atoms with van der Waals surface area (Å²) < 4.78 is 45.5. The normalized spacial score (nSPS) is 11.1. The van der Waals surface area contributed by atoms with Crippen LogP contribution in [0.15, 0.2) is 54.9 Å². The fourth-order valence-corrected chi connectivity index (χ4v) is 3.98. The lowest BCUT2D eigenvalue weighted by atomic mass is 10.0. The highest BCUT2D eigenvalue weighted by Gasteiger charge is 2.17. The summed E-state index contributed by atoms with van der Waals surface area (Å²) >= 11 is 0. The number of hydrogen-bond acceptors (Lipinski definition) is 6. The second-order valence-corrected chi connectivity index (χ2v) is 8.19. The fourth-order valence-electron chi connectivity index (χ4n) is 3.98. The third kappa shape index (κ3) is 5.32. The number of nitrogens with zero attached hydrogens (tertiary/aromatic N) is 2. The number of methoxy groups -OCH3 is 1. The first kappa shape index (κ1) is 25.2. The van der Waals surface area contributed by atoms with Crippen molar-refractivity contribution < 1.29 is 23.0 Å². The largest absolute Gasteiger partial charge is 0.495 e. The molecule has 188 valence electrons. The Morgan fingerprint density at radius 3 is 2.39 bits per heavy atom. The number of rotatable bonds is 10. The molecule has 3 aromatic carbocycles. The third-order valence-corrected chi connectivity index (χ3v) is 5.90. The molecular weight excluding hydrogens is 464 g/mol. The van der Waals surface area contributed by atoms with Gasteiger partial charge in [0, 0.05) is 23.1 Å². The zero-order chi connectivity index (χ0) is 25.7. The van der Waals surface area contributed by atoms with Crippen LogP contribution in [0.25, 0.3) is 22.0 Å². The molecule has 4 rings (SSSR count). The van der Waals surface area contributed by atoms with Gasteiger partial charge in [-0.25, -0.2) is 18.7 Å². The summed E-state index contributed by atoms with van der Waals surface area (Å²) in [5.74, 6) is 1.01. The van der Waals surface area contributed by atoms with E-state index in [1.54, 1.807) is 25.3 Å². The van der Waals surface area contributed by atoms with Gasteiger partial charge >= 0.3 is 0 Å². The van der Waals surface area contributed by atoms with E-state index in [9.17, 15) is 8.78 Å². The molecule has 0 fully saturated rings. The van der Waals surface area contributed by atoms with E-state index in [-0.39, 0.29) is 11.7 Å². The van der Waals surface area contributed by atoms with Gasteiger partial charge in [0.1, 0.15) is 29.5 Å². The molecule has 0 saturated carbocycles. The number of hydrogen-bond donors (Lipinski definition) is 1. The lowest BCUT2D eigenvalue weighted by Crippen LogP contribution is -2.14. The smallest absolute Gasteiger partial charge is 0.163 e. The van der Waals surface area contributed by atoms with Crippen molar-refractivity contribution in [3.63, 3.8) is 0 Å². The number of benzene rings is 3. The van der Waals surface area contributed by atoms with E-state index in [4.69, 9.17) is 14.2 Å². The van der Waals surface area contributed by atoms with E-state index in [1.165, 1.54) is 18.5 Å². The molecule has 0 unspecified atom stereocenters. The molecule has 0 aliphatic rings. The Labute approximate surface area is 209 Å². The Bertz CT molecular complexity index is 1360. The van der Waals surface area contributed by atoms with E-state index in [2.05, 4.69) is 29.1 Å². The average molecular weight is 494 g/mol. The number of aromatic nitrogens is 2. The molecule has 0 bridgehead atoms. The highest BCUT2D eigenvalue weighted by atomic mass is 19.1. The molecular formula is C28H29F2N3O3. The molecule has 0 saturated heterocycles. The van der Waals surface area contributed by atoms with Crippen LogP contribution in [0.5, 0.6) is 17.2 Å². The van der Waals surface area contributed by atoms with E-state index in [1.807, 2.05) is 19.1 Å². The third-order valence-electron chi connectivity index (χ3n) is 5.90. The molecule has 0 spiro atoms. The van der Waals surface area contributed by atoms with Crippen LogP contribution in [0.3, 0.4) is 0 Å². The van der Waals surface area contributed by atoms with Crippen molar-refractivity contribution >= 4 is 22.4 Å². The average Bonchev–Trinajstić information content (AvgIpc) is 2.88. The summed E-state index contributed by atoms with van der Waals surface area (Å²) in [6.07, 6.45) is 3.23. The molecule has 1 N–H and O–H groups in total. The molecule has 0 amide bonds. The van der Waals surface area contributed by atoms with Gasteiger partial charge in [0.15, 0.2) is 11.5 Å². The maximum absolute atomic E-state index is 14.5. The van der Waals surface area contributed by atoms with Gasteiger partial charge in [-0.05, 0) is 55.7 Å². The summed E-state index contributed by atoms with van der Waals surface area (Å²) in [5.41, 5.74) is 2.07. The van der Waals surface area contributed by atoms with Gasteiger partial charge in [-0.2, -0.15) is 0 Å². The van der Waals surface area contributed by atoms with Gasteiger partial charge in [-0.15, -0.1) is 0 Å². The highest BCUT2D eigenvalue weighted by molar-refractivity contribution is 5.93. The quantitative estimate of drug-likeness (QED) is 0.250. The van der Waals surface area contributed by atoms with E-state index >= 15 is 0 Å². The molecule has 1 heterocycles. The van der Waals surface area contributed by atoms with Crippen LogP contribution in [-0.2, 0) is 0 Å². The van der Waals surface area contributed by atoms with Gasteiger partial charge < -0.3 is 19.5 Å². The highest BCUT2D eigenvalue weighted by Crippen LogP contribution is 2.38. The van der Waals surface area contributed by atoms with Crippen LogP contribution in [-0.4, -0.2) is 29.8 Å². The molecule has 0 radical (unpaired) electrons. The van der Waals surface area contributed by atoms with Gasteiger partial charge in [0.2, 0.25) is 0 Å². The van der Waals surface area contributed by atoms with Crippen molar-refractivity contribution in [2.24, 2.45) is 0 Å². The maximum atomic E-state index is 14.5. The molecule has 6 nitrogen and oxygen atoms in total. The van der Waals surface area contributed by atoms with Crippen LogP contribution in [0.2, 0.25) is 0 Å². The Morgan fingerprint density at radius 1 is 0.889 bits per heavy atom.